The molecule has 1 N–H and O–H groups in total. The molecule has 22 heavy (non-hydrogen) atoms. The molecule has 0 aliphatic carbocycles. The van der Waals surface area contributed by atoms with E-state index in [9.17, 15) is 14.0 Å². The molecular weight excluding hydrogens is 289 g/mol. The minimum atomic E-state index is -0.753. The molecule has 0 aliphatic heterocycles. The van der Waals surface area contributed by atoms with Crippen molar-refractivity contribution in [2.45, 2.75) is 6.42 Å². The normalized spacial score (nSPS) is 10.6. The monoisotopic (exact) mass is 299 g/mol. The second-order valence-electron chi connectivity index (χ2n) is 4.57. The number of halogens is 1. The molecule has 1 aromatic carbocycles. The van der Waals surface area contributed by atoms with Crippen molar-refractivity contribution in [1.82, 2.24) is 15.2 Å². The summed E-state index contributed by atoms with van der Waals surface area (Å²) in [5.41, 5.74) is 1.46. The highest BCUT2D eigenvalue weighted by atomic mass is 19.1. The number of Topliss-reactive ketones (excluding diaryl/α,β-unsaturated/α-hetero) is 2. The number of rotatable bonds is 5. The molecule has 0 fully saturated rings. The highest BCUT2D eigenvalue weighted by molar-refractivity contribution is 6.42. The quantitative estimate of drug-likeness (QED) is 0.576. The van der Waals surface area contributed by atoms with Crippen LogP contribution in [0.1, 0.15) is 16.4 Å². The summed E-state index contributed by atoms with van der Waals surface area (Å²) < 4.78 is 18.2. The Kier molecular flexibility index (Phi) is 3.61. The van der Waals surface area contributed by atoms with Crippen molar-refractivity contribution in [3.63, 3.8) is 0 Å². The van der Waals surface area contributed by atoms with Gasteiger partial charge in [-0.15, -0.1) is 0 Å². The smallest absolute Gasteiger partial charge is 0.265 e. The molecule has 6 nitrogen and oxygen atoms in total. The van der Waals surface area contributed by atoms with Crippen LogP contribution in [0.15, 0.2) is 47.3 Å². The summed E-state index contributed by atoms with van der Waals surface area (Å²) in [5.74, 6) is -1.50. The number of carbonyl (C=O) groups excluding carboxylic acids is 2. The van der Waals surface area contributed by atoms with Crippen LogP contribution in [0.2, 0.25) is 0 Å². The number of H-pyrrole nitrogens is 1. The number of ketones is 2. The predicted octanol–water partition coefficient (Wildman–Crippen LogP) is 2.20. The molecular formula is C15H10FN3O3. The lowest BCUT2D eigenvalue weighted by atomic mass is 10.1. The van der Waals surface area contributed by atoms with Gasteiger partial charge in [-0.2, -0.15) is 5.10 Å². The molecule has 3 rings (SSSR count). The second-order valence-corrected chi connectivity index (χ2v) is 4.57. The van der Waals surface area contributed by atoms with Crippen LogP contribution in [0.5, 0.6) is 0 Å². The molecule has 0 radical (unpaired) electrons. The molecule has 2 aromatic heterocycles. The minimum absolute atomic E-state index is 0.102. The molecule has 0 atom stereocenters. The first-order chi connectivity index (χ1) is 10.6. The Morgan fingerprint density at radius 1 is 1.18 bits per heavy atom. The number of hydrogen-bond acceptors (Lipinski definition) is 5. The van der Waals surface area contributed by atoms with Crippen LogP contribution >= 0.6 is 0 Å². The Morgan fingerprint density at radius 2 is 1.95 bits per heavy atom. The Labute approximate surface area is 124 Å². The Hall–Kier alpha value is -3.09. The van der Waals surface area contributed by atoms with Crippen LogP contribution in [0.4, 0.5) is 4.39 Å². The van der Waals surface area contributed by atoms with Crippen LogP contribution in [-0.4, -0.2) is 26.7 Å². The van der Waals surface area contributed by atoms with Crippen LogP contribution < -0.4 is 0 Å². The third-order valence-corrected chi connectivity index (χ3v) is 3.05. The molecule has 2 heterocycles. The zero-order chi connectivity index (χ0) is 15.5. The van der Waals surface area contributed by atoms with Crippen molar-refractivity contribution in [3.05, 3.63) is 60.3 Å². The maximum absolute atomic E-state index is 12.9. The Bertz CT molecular complexity index is 807. The summed E-state index contributed by atoms with van der Waals surface area (Å²) in [5, 5.41) is 5.86. The molecule has 0 aliphatic rings. The fourth-order valence-electron chi connectivity index (χ4n) is 1.95. The molecule has 0 bridgehead atoms. The zero-order valence-electron chi connectivity index (χ0n) is 11.2. The molecule has 3 aromatic rings. The molecule has 0 saturated carbocycles. The molecule has 110 valence electrons. The molecule has 7 heteroatoms. The van der Waals surface area contributed by atoms with Gasteiger partial charge in [0.1, 0.15) is 17.9 Å². The molecule has 0 spiro atoms. The number of nitrogens with one attached hydrogen (secondary N) is 1. The first kappa shape index (κ1) is 13.9. The van der Waals surface area contributed by atoms with Crippen molar-refractivity contribution >= 4 is 11.6 Å². The van der Waals surface area contributed by atoms with Gasteiger partial charge < -0.3 is 4.42 Å². The number of aromatic nitrogens is 3. The van der Waals surface area contributed by atoms with Gasteiger partial charge in [-0.3, -0.25) is 14.7 Å². The minimum Gasteiger partial charge on any atom is -0.468 e. The van der Waals surface area contributed by atoms with Crippen molar-refractivity contribution in [2.75, 3.05) is 0 Å². The maximum Gasteiger partial charge on any atom is 0.265 e. The van der Waals surface area contributed by atoms with Crippen molar-refractivity contribution < 1.29 is 18.4 Å². The van der Waals surface area contributed by atoms with Crippen LogP contribution in [-0.2, 0) is 11.2 Å². The van der Waals surface area contributed by atoms with Gasteiger partial charge in [-0.25, -0.2) is 9.37 Å². The summed E-state index contributed by atoms with van der Waals surface area (Å²) >= 11 is 0. The molecule has 0 amide bonds. The summed E-state index contributed by atoms with van der Waals surface area (Å²) in [6, 6.07) is 7.51. The van der Waals surface area contributed by atoms with Gasteiger partial charge in [0.05, 0.1) is 12.7 Å². The van der Waals surface area contributed by atoms with Crippen LogP contribution in [0.3, 0.4) is 0 Å². The van der Waals surface area contributed by atoms with E-state index in [4.69, 9.17) is 4.42 Å². The Balaban J connectivity index is 1.73. The average molecular weight is 299 g/mol. The van der Waals surface area contributed by atoms with E-state index in [2.05, 4.69) is 15.2 Å². The lowest BCUT2D eigenvalue weighted by Crippen LogP contribution is -2.17. The van der Waals surface area contributed by atoms with E-state index < -0.39 is 11.6 Å². The van der Waals surface area contributed by atoms with Crippen molar-refractivity contribution in [3.8, 4) is 11.1 Å². The van der Waals surface area contributed by atoms with E-state index in [0.717, 1.165) is 11.9 Å². The van der Waals surface area contributed by atoms with E-state index in [1.807, 2.05) is 0 Å². The van der Waals surface area contributed by atoms with E-state index in [-0.39, 0.29) is 18.1 Å². The number of furan rings is 1. The fraction of sp³-hybridized carbons (Fsp3) is 0.0667. The van der Waals surface area contributed by atoms with Gasteiger partial charge in [0.15, 0.2) is 5.82 Å². The van der Waals surface area contributed by atoms with Gasteiger partial charge in [0.25, 0.3) is 5.78 Å². The van der Waals surface area contributed by atoms with Gasteiger partial charge >= 0.3 is 0 Å². The van der Waals surface area contributed by atoms with E-state index in [1.165, 1.54) is 18.4 Å². The summed E-state index contributed by atoms with van der Waals surface area (Å²) in [6.07, 6.45) is 2.43. The van der Waals surface area contributed by atoms with Gasteiger partial charge in [0.2, 0.25) is 5.78 Å². The summed E-state index contributed by atoms with van der Waals surface area (Å²) in [4.78, 5) is 27.2. The topological polar surface area (TPSA) is 88.8 Å². The largest absolute Gasteiger partial charge is 0.468 e. The number of nitrogens with zero attached hydrogens (tertiary/aromatic N) is 2. The summed E-state index contributed by atoms with van der Waals surface area (Å²) in [6.45, 7) is 0. The SMILES string of the molecule is O=C(Cc1cc(-c2ccc(F)cc2)co1)C(=O)c1ncn[nH]1. The molecule has 0 unspecified atom stereocenters. The molecule has 0 saturated heterocycles. The van der Waals surface area contributed by atoms with Gasteiger partial charge in [-0.05, 0) is 23.8 Å². The number of hydrogen-bond donors (Lipinski definition) is 1. The lowest BCUT2D eigenvalue weighted by molar-refractivity contribution is -0.114. The highest BCUT2D eigenvalue weighted by Crippen LogP contribution is 2.22. The Morgan fingerprint density at radius 3 is 2.64 bits per heavy atom. The van der Waals surface area contributed by atoms with Gasteiger partial charge in [-0.1, -0.05) is 12.1 Å². The predicted molar refractivity (Wildman–Crippen MR) is 73.5 cm³/mol. The lowest BCUT2D eigenvalue weighted by Gasteiger charge is -1.95. The van der Waals surface area contributed by atoms with E-state index in [0.29, 0.717) is 11.3 Å². The third kappa shape index (κ3) is 2.83. The number of aromatic amines is 1. The maximum atomic E-state index is 12.9. The zero-order valence-corrected chi connectivity index (χ0v) is 11.2. The average Bonchev–Trinajstić information content (AvgIpc) is 3.18. The highest BCUT2D eigenvalue weighted by Gasteiger charge is 2.20. The number of carbonyl (C=O) groups is 2. The standard InChI is InChI=1S/C15H10FN3O3/c16-11-3-1-9(2-4-11)10-5-12(22-7-10)6-13(20)14(21)15-17-8-18-19-15/h1-5,7-8H,6H2,(H,17,18,19). The van der Waals surface area contributed by atoms with E-state index >= 15 is 0 Å². The summed E-state index contributed by atoms with van der Waals surface area (Å²) in [7, 11) is 0. The van der Waals surface area contributed by atoms with Crippen LogP contribution in [0, 0.1) is 5.82 Å². The first-order valence-corrected chi connectivity index (χ1v) is 6.40. The van der Waals surface area contributed by atoms with Crippen molar-refractivity contribution in [2.24, 2.45) is 0 Å². The van der Waals surface area contributed by atoms with E-state index in [1.54, 1.807) is 18.2 Å². The second kappa shape index (κ2) is 5.72. The fourth-order valence-corrected chi connectivity index (χ4v) is 1.95. The van der Waals surface area contributed by atoms with Crippen molar-refractivity contribution in [1.29, 1.82) is 0 Å². The first-order valence-electron chi connectivity index (χ1n) is 6.40. The van der Waals surface area contributed by atoms with Crippen LogP contribution in [0.25, 0.3) is 11.1 Å². The third-order valence-electron chi connectivity index (χ3n) is 3.05. The van der Waals surface area contributed by atoms with Gasteiger partial charge in [0, 0.05) is 5.56 Å². The number of benzene rings is 1.